The van der Waals surface area contributed by atoms with Crippen molar-refractivity contribution in [3.8, 4) is 0 Å². The number of nitrogen functional groups attached to an aromatic ring is 1. The number of aryl methyl sites for hydroxylation is 1. The van der Waals surface area contributed by atoms with E-state index < -0.39 is 36.6 Å². The molecule has 0 saturated carbocycles. The molecule has 2 aromatic rings. The highest BCUT2D eigenvalue weighted by Gasteiger charge is 2.47. The minimum absolute atomic E-state index is 0.0363. The molecule has 1 amide bonds. The zero-order valence-electron chi connectivity index (χ0n) is 13.0. The number of rotatable bonds is 3. The lowest BCUT2D eigenvalue weighted by atomic mass is 10.1. The monoisotopic (exact) mass is 339 g/mol. The molecule has 1 aliphatic heterocycles. The highest BCUT2D eigenvalue weighted by Crippen LogP contribution is 2.36. The van der Waals surface area contributed by atoms with Gasteiger partial charge < -0.3 is 31.0 Å². The maximum Gasteiger partial charge on any atom is 0.251 e. The summed E-state index contributed by atoms with van der Waals surface area (Å²) in [5.41, 5.74) is 11.4. The number of aliphatic hydroxyl groups is 2. The predicted octanol–water partition coefficient (Wildman–Crippen LogP) is -0.602. The van der Waals surface area contributed by atoms with E-state index >= 15 is 0 Å². The fourth-order valence-corrected chi connectivity index (χ4v) is 2.95. The molecule has 6 N–H and O–H groups in total. The molecule has 5 atom stereocenters. The number of aliphatic hydroxyl groups excluding tert-OH is 2. The summed E-state index contributed by atoms with van der Waals surface area (Å²) >= 11 is 0. The molecule has 1 aliphatic rings. The smallest absolute Gasteiger partial charge is 0.251 e. The molecule has 0 bridgehead atoms. The second-order valence-electron chi connectivity index (χ2n) is 5.84. The minimum Gasteiger partial charge on any atom is -0.391 e. The number of hydrogen-bond acceptors (Lipinski definition) is 7. The lowest BCUT2D eigenvalue weighted by Crippen LogP contribution is -2.33. The fourth-order valence-electron chi connectivity index (χ4n) is 2.95. The summed E-state index contributed by atoms with van der Waals surface area (Å²) in [5, 5.41) is 20.0. The van der Waals surface area contributed by atoms with Gasteiger partial charge in [0.2, 0.25) is 0 Å². The van der Waals surface area contributed by atoms with Crippen LogP contribution < -0.4 is 11.5 Å². The molecule has 9 nitrogen and oxygen atoms in total. The Morgan fingerprint density at radius 3 is 2.71 bits per heavy atom. The van der Waals surface area contributed by atoms with E-state index in [0.29, 0.717) is 5.82 Å². The highest BCUT2D eigenvalue weighted by atomic mass is 19.1. The average molecular weight is 339 g/mol. The summed E-state index contributed by atoms with van der Waals surface area (Å²) in [6, 6.07) is 0. The van der Waals surface area contributed by atoms with Crippen LogP contribution in [0.5, 0.6) is 0 Å². The van der Waals surface area contributed by atoms with Gasteiger partial charge in [0, 0.05) is 6.20 Å². The topological polar surface area (TPSA) is 150 Å². The van der Waals surface area contributed by atoms with Crippen molar-refractivity contribution in [1.82, 2.24) is 14.5 Å². The summed E-state index contributed by atoms with van der Waals surface area (Å²) in [5.74, 6) is -0.401. The molecule has 24 heavy (non-hydrogen) atoms. The van der Waals surface area contributed by atoms with Crippen LogP contribution in [0.1, 0.15) is 29.3 Å². The zero-order valence-corrected chi connectivity index (χ0v) is 13.0. The first-order chi connectivity index (χ1) is 11.2. The van der Waals surface area contributed by atoms with Crippen molar-refractivity contribution < 1.29 is 24.1 Å². The average Bonchev–Trinajstić information content (AvgIpc) is 2.99. The van der Waals surface area contributed by atoms with Crippen LogP contribution in [0.3, 0.4) is 0 Å². The van der Waals surface area contributed by atoms with Gasteiger partial charge in [0.05, 0.1) is 17.1 Å². The van der Waals surface area contributed by atoms with Gasteiger partial charge in [-0.15, -0.1) is 0 Å². The third-order valence-corrected chi connectivity index (χ3v) is 4.06. The standard InChI is InChI=1S/C14H18FN5O4/c1-4(21)10-8(15)9(22)14(24-10)20-3-6(12(17)23)7-11(16)18-5(2)19-13(7)20/h3-4,8-10,14,21-22H,1-2H3,(H2,17,23)(H2,16,18,19)/t4?,8-,9+,10+,14+/m0/s1. The Labute approximate surface area is 136 Å². The molecule has 0 aromatic carbocycles. The molecule has 130 valence electrons. The van der Waals surface area contributed by atoms with Crippen molar-refractivity contribution in [2.24, 2.45) is 5.73 Å². The van der Waals surface area contributed by atoms with E-state index in [1.165, 1.54) is 17.7 Å². The number of nitrogens with two attached hydrogens (primary N) is 2. The van der Waals surface area contributed by atoms with E-state index in [1.54, 1.807) is 6.92 Å². The van der Waals surface area contributed by atoms with Crippen molar-refractivity contribution in [1.29, 1.82) is 0 Å². The van der Waals surface area contributed by atoms with Gasteiger partial charge in [0.1, 0.15) is 29.5 Å². The number of fused-ring (bicyclic) bond motifs is 1. The van der Waals surface area contributed by atoms with E-state index in [2.05, 4.69) is 9.97 Å². The number of hydrogen-bond donors (Lipinski definition) is 4. The molecule has 3 rings (SSSR count). The SMILES string of the molecule is Cc1nc(N)c2c(C(N)=O)cn([C@@H]3O[C@H](C(C)O)[C@@H](F)[C@H]3O)c2n1. The quantitative estimate of drug-likeness (QED) is 0.583. The van der Waals surface area contributed by atoms with Crippen molar-refractivity contribution in [2.45, 2.75) is 44.6 Å². The Hall–Kier alpha value is -2.30. The van der Waals surface area contributed by atoms with E-state index in [1.807, 2.05) is 0 Å². The van der Waals surface area contributed by atoms with Crippen LogP contribution in [0.15, 0.2) is 6.20 Å². The molecule has 0 aliphatic carbocycles. The Morgan fingerprint density at radius 1 is 1.50 bits per heavy atom. The number of carbonyl (C=O) groups is 1. The number of amides is 1. The second kappa shape index (κ2) is 5.65. The van der Waals surface area contributed by atoms with Crippen molar-refractivity contribution in [3.63, 3.8) is 0 Å². The van der Waals surface area contributed by atoms with Gasteiger partial charge in [0.15, 0.2) is 12.4 Å². The first kappa shape index (κ1) is 16.6. The van der Waals surface area contributed by atoms with Gasteiger partial charge in [-0.25, -0.2) is 14.4 Å². The molecule has 1 unspecified atom stereocenters. The number of primary amides is 1. The molecule has 2 aromatic heterocycles. The first-order valence-electron chi connectivity index (χ1n) is 7.32. The Kier molecular flexibility index (Phi) is 3.90. The van der Waals surface area contributed by atoms with E-state index in [4.69, 9.17) is 16.2 Å². The van der Waals surface area contributed by atoms with E-state index in [9.17, 15) is 19.4 Å². The normalized spacial score (nSPS) is 28.4. The summed E-state index contributed by atoms with van der Waals surface area (Å²) < 4.78 is 20.9. The van der Waals surface area contributed by atoms with Gasteiger partial charge >= 0.3 is 0 Å². The summed E-state index contributed by atoms with van der Waals surface area (Å²) in [7, 11) is 0. The third-order valence-electron chi connectivity index (χ3n) is 4.06. The van der Waals surface area contributed by atoms with Crippen LogP contribution in [0.4, 0.5) is 10.2 Å². The van der Waals surface area contributed by atoms with Crippen LogP contribution in [0, 0.1) is 6.92 Å². The Balaban J connectivity index is 2.18. The largest absolute Gasteiger partial charge is 0.391 e. The number of ether oxygens (including phenoxy) is 1. The van der Waals surface area contributed by atoms with Crippen LogP contribution in [-0.4, -0.2) is 55.1 Å². The molecular weight excluding hydrogens is 321 g/mol. The lowest BCUT2D eigenvalue weighted by Gasteiger charge is -2.18. The Morgan fingerprint density at radius 2 is 2.17 bits per heavy atom. The molecular formula is C14H18FN5O4. The molecule has 0 radical (unpaired) electrons. The predicted molar refractivity (Wildman–Crippen MR) is 81.7 cm³/mol. The maximum atomic E-state index is 14.2. The van der Waals surface area contributed by atoms with Gasteiger partial charge in [-0.05, 0) is 13.8 Å². The van der Waals surface area contributed by atoms with Crippen LogP contribution >= 0.6 is 0 Å². The van der Waals surface area contributed by atoms with Crippen LogP contribution in [0.2, 0.25) is 0 Å². The number of alkyl halides is 1. The fraction of sp³-hybridized carbons (Fsp3) is 0.500. The summed E-state index contributed by atoms with van der Waals surface area (Å²) in [6.07, 6.45) is -5.59. The number of anilines is 1. The molecule has 0 spiro atoms. The highest BCUT2D eigenvalue weighted by molar-refractivity contribution is 6.08. The number of carbonyl (C=O) groups excluding carboxylic acids is 1. The van der Waals surface area contributed by atoms with Gasteiger partial charge in [0.25, 0.3) is 5.91 Å². The Bertz CT molecular complexity index is 808. The minimum atomic E-state index is -1.80. The maximum absolute atomic E-state index is 14.2. The second-order valence-corrected chi connectivity index (χ2v) is 5.84. The number of aromatic nitrogens is 3. The lowest BCUT2D eigenvalue weighted by molar-refractivity contribution is -0.0727. The number of nitrogens with zero attached hydrogens (tertiary/aromatic N) is 3. The third kappa shape index (κ3) is 2.39. The van der Waals surface area contributed by atoms with Gasteiger partial charge in [-0.2, -0.15) is 0 Å². The molecule has 1 fully saturated rings. The van der Waals surface area contributed by atoms with Crippen molar-refractivity contribution in [2.75, 3.05) is 5.73 Å². The molecule has 10 heteroatoms. The van der Waals surface area contributed by atoms with E-state index in [0.717, 1.165) is 0 Å². The van der Waals surface area contributed by atoms with Gasteiger partial charge in [-0.1, -0.05) is 0 Å². The van der Waals surface area contributed by atoms with Gasteiger partial charge in [-0.3, -0.25) is 4.79 Å². The summed E-state index contributed by atoms with van der Waals surface area (Å²) in [6.45, 7) is 2.96. The number of halogens is 1. The van der Waals surface area contributed by atoms with Crippen LogP contribution in [0.25, 0.3) is 11.0 Å². The summed E-state index contributed by atoms with van der Waals surface area (Å²) in [4.78, 5) is 19.9. The van der Waals surface area contributed by atoms with Crippen LogP contribution in [-0.2, 0) is 4.74 Å². The molecule has 1 saturated heterocycles. The molecule has 3 heterocycles. The first-order valence-corrected chi connectivity index (χ1v) is 7.32. The van der Waals surface area contributed by atoms with Crippen molar-refractivity contribution >= 4 is 22.8 Å². The van der Waals surface area contributed by atoms with E-state index in [-0.39, 0.29) is 22.4 Å². The zero-order chi connectivity index (χ0) is 17.8. The van der Waals surface area contributed by atoms with Crippen molar-refractivity contribution in [3.05, 3.63) is 17.6 Å².